The van der Waals surface area contributed by atoms with Gasteiger partial charge in [-0.25, -0.2) is 0 Å². The highest BCUT2D eigenvalue weighted by Crippen LogP contribution is 2.09. The molecule has 1 unspecified atom stereocenters. The Morgan fingerprint density at radius 1 is 1.11 bits per heavy atom. The van der Waals surface area contributed by atoms with E-state index in [9.17, 15) is 0 Å². The quantitative estimate of drug-likeness (QED) is 0.642. The van der Waals surface area contributed by atoms with Crippen LogP contribution in [0.1, 0.15) is 38.2 Å². The molecule has 18 heavy (non-hydrogen) atoms. The van der Waals surface area contributed by atoms with Crippen molar-refractivity contribution in [3.63, 3.8) is 0 Å². The van der Waals surface area contributed by atoms with Crippen LogP contribution in [0.3, 0.4) is 0 Å². The molecule has 1 aromatic carbocycles. The molecule has 0 aliphatic carbocycles. The first kappa shape index (κ1) is 15.2. The van der Waals surface area contributed by atoms with Crippen molar-refractivity contribution in [2.75, 3.05) is 20.3 Å². The van der Waals surface area contributed by atoms with E-state index in [4.69, 9.17) is 4.74 Å². The van der Waals surface area contributed by atoms with Crippen molar-refractivity contribution in [1.82, 2.24) is 5.32 Å². The molecular weight excluding hydrogens is 222 g/mol. The first-order valence-electron chi connectivity index (χ1n) is 7.15. The lowest BCUT2D eigenvalue weighted by Gasteiger charge is -2.15. The Morgan fingerprint density at radius 2 is 1.83 bits per heavy atom. The molecule has 0 amide bonds. The maximum absolute atomic E-state index is 5.37. The van der Waals surface area contributed by atoms with Crippen LogP contribution in [0.25, 0.3) is 0 Å². The molecule has 0 fully saturated rings. The van der Waals surface area contributed by atoms with Crippen molar-refractivity contribution in [1.29, 1.82) is 0 Å². The number of nitrogens with one attached hydrogen (secondary N) is 1. The second-order valence-corrected chi connectivity index (χ2v) is 4.70. The number of aryl methyl sites for hydroxylation is 1. The summed E-state index contributed by atoms with van der Waals surface area (Å²) in [5, 5.41) is 3.41. The molecule has 0 aliphatic heterocycles. The minimum atomic E-state index is 0.633. The largest absolute Gasteiger partial charge is 0.382 e. The first-order chi connectivity index (χ1) is 8.86. The van der Waals surface area contributed by atoms with Crippen LogP contribution in [0.2, 0.25) is 0 Å². The fourth-order valence-electron chi connectivity index (χ4n) is 2.21. The van der Waals surface area contributed by atoms with Crippen LogP contribution in [-0.2, 0) is 11.2 Å². The van der Waals surface area contributed by atoms with E-state index in [-0.39, 0.29) is 0 Å². The third-order valence-corrected chi connectivity index (χ3v) is 3.31. The van der Waals surface area contributed by atoms with E-state index >= 15 is 0 Å². The van der Waals surface area contributed by atoms with Crippen molar-refractivity contribution in [3.8, 4) is 0 Å². The number of rotatable bonds is 10. The van der Waals surface area contributed by atoms with Crippen molar-refractivity contribution in [2.45, 2.75) is 45.1 Å². The summed E-state index contributed by atoms with van der Waals surface area (Å²) in [6, 6.07) is 11.4. The normalized spacial score (nSPS) is 12.6. The molecule has 0 bridgehead atoms. The highest BCUT2D eigenvalue weighted by Gasteiger charge is 2.05. The lowest BCUT2D eigenvalue weighted by molar-refractivity contribution is 0.140. The Hall–Kier alpha value is -0.860. The topological polar surface area (TPSA) is 21.3 Å². The van der Waals surface area contributed by atoms with Gasteiger partial charge in [-0.1, -0.05) is 30.3 Å². The third-order valence-electron chi connectivity index (χ3n) is 3.31. The molecular formula is C16H27NO. The minimum absolute atomic E-state index is 0.633. The molecule has 0 radical (unpaired) electrons. The van der Waals surface area contributed by atoms with Gasteiger partial charge in [-0.05, 0) is 51.6 Å². The van der Waals surface area contributed by atoms with Crippen molar-refractivity contribution in [2.24, 2.45) is 0 Å². The molecule has 1 N–H and O–H groups in total. The fourth-order valence-corrected chi connectivity index (χ4v) is 2.21. The maximum atomic E-state index is 5.37. The van der Waals surface area contributed by atoms with Crippen LogP contribution in [-0.4, -0.2) is 26.3 Å². The van der Waals surface area contributed by atoms with Crippen molar-refractivity contribution in [3.05, 3.63) is 35.9 Å². The van der Waals surface area contributed by atoms with Gasteiger partial charge < -0.3 is 10.1 Å². The molecule has 1 aromatic rings. The summed E-state index contributed by atoms with van der Waals surface area (Å²) in [4.78, 5) is 0. The molecule has 1 atom stereocenters. The zero-order valence-corrected chi connectivity index (χ0v) is 11.8. The average molecular weight is 249 g/mol. The van der Waals surface area contributed by atoms with Crippen LogP contribution >= 0.6 is 0 Å². The summed E-state index contributed by atoms with van der Waals surface area (Å²) in [7, 11) is 2.06. The van der Waals surface area contributed by atoms with Crippen molar-refractivity contribution < 1.29 is 4.74 Å². The minimum Gasteiger partial charge on any atom is -0.382 e. The van der Waals surface area contributed by atoms with Crippen LogP contribution in [0, 0.1) is 0 Å². The van der Waals surface area contributed by atoms with Gasteiger partial charge in [0.15, 0.2) is 0 Å². The third kappa shape index (κ3) is 6.77. The van der Waals surface area contributed by atoms with E-state index in [0.717, 1.165) is 19.6 Å². The second-order valence-electron chi connectivity index (χ2n) is 4.70. The Balaban J connectivity index is 2.11. The first-order valence-corrected chi connectivity index (χ1v) is 7.15. The number of benzene rings is 1. The van der Waals surface area contributed by atoms with Crippen LogP contribution < -0.4 is 5.32 Å². The molecule has 102 valence electrons. The van der Waals surface area contributed by atoms with E-state index < -0.39 is 0 Å². The standard InChI is InChI=1S/C16H27NO/c1-3-18-14-8-13-16(17-2)12-7-11-15-9-5-4-6-10-15/h4-6,9-10,16-17H,3,7-8,11-14H2,1-2H3. The molecule has 0 saturated carbocycles. The van der Waals surface area contributed by atoms with Crippen LogP contribution in [0.15, 0.2) is 30.3 Å². The van der Waals surface area contributed by atoms with E-state index in [1.807, 2.05) is 0 Å². The highest BCUT2D eigenvalue weighted by atomic mass is 16.5. The van der Waals surface area contributed by atoms with Gasteiger partial charge in [0.05, 0.1) is 0 Å². The molecule has 2 heteroatoms. The zero-order chi connectivity index (χ0) is 13.1. The van der Waals surface area contributed by atoms with E-state index in [2.05, 4.69) is 49.6 Å². The summed E-state index contributed by atoms with van der Waals surface area (Å²) in [5.74, 6) is 0. The smallest absolute Gasteiger partial charge is 0.0466 e. The Labute approximate surface area is 112 Å². The van der Waals surface area contributed by atoms with Gasteiger partial charge in [0.2, 0.25) is 0 Å². The summed E-state index contributed by atoms with van der Waals surface area (Å²) in [6.45, 7) is 3.78. The molecule has 0 aromatic heterocycles. The van der Waals surface area contributed by atoms with Crippen molar-refractivity contribution >= 4 is 0 Å². The molecule has 0 spiro atoms. The zero-order valence-electron chi connectivity index (χ0n) is 11.8. The predicted octanol–water partition coefficient (Wildman–Crippen LogP) is 3.41. The van der Waals surface area contributed by atoms with E-state index in [0.29, 0.717) is 6.04 Å². The monoisotopic (exact) mass is 249 g/mol. The summed E-state index contributed by atoms with van der Waals surface area (Å²) < 4.78 is 5.37. The summed E-state index contributed by atoms with van der Waals surface area (Å²) in [6.07, 6.45) is 6.06. The van der Waals surface area contributed by atoms with Gasteiger partial charge in [-0.15, -0.1) is 0 Å². The fraction of sp³-hybridized carbons (Fsp3) is 0.625. The van der Waals surface area contributed by atoms with Gasteiger partial charge in [0.1, 0.15) is 0 Å². The van der Waals surface area contributed by atoms with E-state index in [1.54, 1.807) is 0 Å². The lowest BCUT2D eigenvalue weighted by atomic mass is 10.0. The molecule has 0 saturated heterocycles. The molecule has 2 nitrogen and oxygen atoms in total. The number of hydrogen-bond acceptors (Lipinski definition) is 2. The number of hydrogen-bond donors (Lipinski definition) is 1. The summed E-state index contributed by atoms with van der Waals surface area (Å²) >= 11 is 0. The van der Waals surface area contributed by atoms with Crippen LogP contribution in [0.4, 0.5) is 0 Å². The number of ether oxygens (including phenoxy) is 1. The summed E-state index contributed by atoms with van der Waals surface area (Å²) in [5.41, 5.74) is 1.45. The SMILES string of the molecule is CCOCCCC(CCCc1ccccc1)NC. The Kier molecular flexibility index (Phi) is 8.53. The average Bonchev–Trinajstić information content (AvgIpc) is 2.42. The van der Waals surface area contributed by atoms with Gasteiger partial charge in [-0.3, -0.25) is 0 Å². The highest BCUT2D eigenvalue weighted by molar-refractivity contribution is 5.14. The Morgan fingerprint density at radius 3 is 2.50 bits per heavy atom. The predicted molar refractivity (Wildman–Crippen MR) is 78.0 cm³/mol. The van der Waals surface area contributed by atoms with Gasteiger partial charge in [0.25, 0.3) is 0 Å². The lowest BCUT2D eigenvalue weighted by Crippen LogP contribution is -2.25. The van der Waals surface area contributed by atoms with Gasteiger partial charge >= 0.3 is 0 Å². The maximum Gasteiger partial charge on any atom is 0.0466 e. The van der Waals surface area contributed by atoms with E-state index in [1.165, 1.54) is 31.2 Å². The van der Waals surface area contributed by atoms with Gasteiger partial charge in [0, 0.05) is 19.3 Å². The molecule has 0 aliphatic rings. The van der Waals surface area contributed by atoms with Crippen LogP contribution in [0.5, 0.6) is 0 Å². The second kappa shape index (κ2) is 10.1. The Bertz CT molecular complexity index is 286. The molecule has 0 heterocycles. The molecule has 1 rings (SSSR count). The van der Waals surface area contributed by atoms with Gasteiger partial charge in [-0.2, -0.15) is 0 Å².